The molecule has 0 bridgehead atoms. The second kappa shape index (κ2) is 10.7. The molecule has 3 atom stereocenters. The lowest BCUT2D eigenvalue weighted by Crippen LogP contribution is -2.45. The number of amides is 2. The lowest BCUT2D eigenvalue weighted by Gasteiger charge is -2.37. The minimum absolute atomic E-state index is 0.00916. The Bertz CT molecular complexity index is 1050. The van der Waals surface area contributed by atoms with Crippen LogP contribution >= 0.6 is 0 Å². The van der Waals surface area contributed by atoms with E-state index < -0.39 is 35.8 Å². The normalized spacial score (nSPS) is 24.1. The molecule has 2 amide bonds. The van der Waals surface area contributed by atoms with E-state index in [0.717, 1.165) is 36.1 Å². The highest BCUT2D eigenvalue weighted by Crippen LogP contribution is 2.42. The average Bonchev–Trinajstić information content (AvgIpc) is 3.26. The lowest BCUT2D eigenvalue weighted by atomic mass is 9.72. The standard InChI is InChI=1S/C25H27FN4O4/c1-33-20-13-9-18(10-14-20)22(17-7-11-19(26)12-8-17)23(28-29-27)24(31)30-21(15-34-25(30)32)16-5-3-2-4-6-16/h2-8,11-12,18,20-23H,9-10,13-15H2,1H3/t18?,20?,21?,22-,23-/m0/s1. The molecule has 8 nitrogen and oxygen atoms in total. The van der Waals surface area contributed by atoms with Crippen LogP contribution in [0.2, 0.25) is 0 Å². The van der Waals surface area contributed by atoms with Crippen LogP contribution in [-0.4, -0.2) is 42.8 Å². The van der Waals surface area contributed by atoms with Crippen molar-refractivity contribution in [1.29, 1.82) is 0 Å². The number of hydrogen-bond acceptors (Lipinski definition) is 5. The summed E-state index contributed by atoms with van der Waals surface area (Å²) in [5, 5.41) is 3.90. The van der Waals surface area contributed by atoms with Gasteiger partial charge in [0.05, 0.1) is 6.10 Å². The van der Waals surface area contributed by atoms with Crippen LogP contribution in [0.25, 0.3) is 10.4 Å². The summed E-state index contributed by atoms with van der Waals surface area (Å²) in [5.41, 5.74) is 10.8. The largest absolute Gasteiger partial charge is 0.446 e. The van der Waals surface area contributed by atoms with E-state index in [9.17, 15) is 19.5 Å². The van der Waals surface area contributed by atoms with Crippen LogP contribution in [0.3, 0.4) is 0 Å². The van der Waals surface area contributed by atoms with Gasteiger partial charge in [-0.25, -0.2) is 14.1 Å². The third kappa shape index (κ3) is 4.90. The molecule has 178 valence electrons. The molecule has 1 heterocycles. The van der Waals surface area contributed by atoms with Gasteiger partial charge in [-0.1, -0.05) is 47.6 Å². The number of hydrogen-bond donors (Lipinski definition) is 0. The summed E-state index contributed by atoms with van der Waals surface area (Å²) < 4.78 is 24.4. The monoisotopic (exact) mass is 466 g/mol. The summed E-state index contributed by atoms with van der Waals surface area (Å²) in [7, 11) is 1.68. The van der Waals surface area contributed by atoms with E-state index >= 15 is 0 Å². The fourth-order valence-corrected chi connectivity index (χ4v) is 5.14. The first-order valence-corrected chi connectivity index (χ1v) is 11.4. The summed E-state index contributed by atoms with van der Waals surface area (Å²) in [5.74, 6) is -1.54. The second-order valence-corrected chi connectivity index (χ2v) is 8.71. The summed E-state index contributed by atoms with van der Waals surface area (Å²) >= 11 is 0. The number of nitrogens with zero attached hydrogens (tertiary/aromatic N) is 4. The van der Waals surface area contributed by atoms with Gasteiger partial charge < -0.3 is 9.47 Å². The van der Waals surface area contributed by atoms with Gasteiger partial charge in [0.2, 0.25) is 5.91 Å². The number of ether oxygens (including phenoxy) is 2. The molecule has 2 aromatic carbocycles. The number of carbonyl (C=O) groups excluding carboxylic acids is 2. The molecule has 0 radical (unpaired) electrons. The van der Waals surface area contributed by atoms with Crippen molar-refractivity contribution in [2.24, 2.45) is 11.0 Å². The Balaban J connectivity index is 1.71. The molecule has 0 aromatic heterocycles. The average molecular weight is 467 g/mol. The fourth-order valence-electron chi connectivity index (χ4n) is 5.14. The SMILES string of the molecule is COC1CCC([C@H](c2ccc(F)cc2)[C@H](N=[N+]=[N-])C(=O)N2C(=O)OCC2c2ccccc2)CC1. The number of rotatable bonds is 7. The van der Waals surface area contributed by atoms with Gasteiger partial charge in [-0.2, -0.15) is 0 Å². The van der Waals surface area contributed by atoms with Gasteiger partial charge in [0.25, 0.3) is 0 Å². The van der Waals surface area contributed by atoms with Crippen LogP contribution in [0.1, 0.15) is 48.8 Å². The molecule has 1 saturated carbocycles. The molecule has 34 heavy (non-hydrogen) atoms. The van der Waals surface area contributed by atoms with Crippen LogP contribution in [-0.2, 0) is 14.3 Å². The van der Waals surface area contributed by atoms with Gasteiger partial charge in [-0.15, -0.1) is 0 Å². The Hall–Kier alpha value is -3.42. The van der Waals surface area contributed by atoms with Gasteiger partial charge in [0, 0.05) is 17.9 Å². The number of halogens is 1. The number of benzene rings is 2. The molecule has 2 aromatic rings. The number of methoxy groups -OCH3 is 1. The van der Waals surface area contributed by atoms with E-state index in [4.69, 9.17) is 9.47 Å². The maximum atomic E-state index is 13.8. The Kier molecular flexibility index (Phi) is 7.45. The van der Waals surface area contributed by atoms with Crippen molar-refractivity contribution in [3.63, 3.8) is 0 Å². The van der Waals surface area contributed by atoms with Crippen LogP contribution in [0.5, 0.6) is 0 Å². The van der Waals surface area contributed by atoms with Gasteiger partial charge in [0.1, 0.15) is 24.5 Å². The van der Waals surface area contributed by atoms with Gasteiger partial charge in [-0.05, 0) is 60.4 Å². The van der Waals surface area contributed by atoms with E-state index in [-0.39, 0.29) is 18.6 Å². The molecule has 1 aliphatic heterocycles. The quantitative estimate of drug-likeness (QED) is 0.305. The maximum absolute atomic E-state index is 13.8. The predicted molar refractivity (Wildman–Crippen MR) is 122 cm³/mol. The van der Waals surface area contributed by atoms with Crippen LogP contribution in [0, 0.1) is 11.7 Å². The Morgan fingerprint density at radius 1 is 1.15 bits per heavy atom. The van der Waals surface area contributed by atoms with E-state index in [0.29, 0.717) is 5.56 Å². The predicted octanol–water partition coefficient (Wildman–Crippen LogP) is 5.51. The van der Waals surface area contributed by atoms with Crippen molar-refractivity contribution in [3.05, 3.63) is 82.0 Å². The molecule has 1 unspecified atom stereocenters. The highest BCUT2D eigenvalue weighted by atomic mass is 19.1. The first kappa shape index (κ1) is 23.7. The van der Waals surface area contributed by atoms with Gasteiger partial charge in [0.15, 0.2) is 0 Å². The summed E-state index contributed by atoms with van der Waals surface area (Å²) in [4.78, 5) is 30.5. The first-order valence-electron chi connectivity index (χ1n) is 11.4. The first-order chi connectivity index (χ1) is 16.5. The zero-order chi connectivity index (χ0) is 24.1. The minimum atomic E-state index is -1.18. The molecule has 2 aliphatic rings. The molecule has 4 rings (SSSR count). The van der Waals surface area contributed by atoms with Crippen LogP contribution < -0.4 is 0 Å². The highest BCUT2D eigenvalue weighted by molar-refractivity contribution is 5.97. The Morgan fingerprint density at radius 3 is 2.44 bits per heavy atom. The third-order valence-electron chi connectivity index (χ3n) is 6.88. The third-order valence-corrected chi connectivity index (χ3v) is 6.88. The van der Waals surface area contributed by atoms with Crippen molar-refractivity contribution in [3.8, 4) is 0 Å². The second-order valence-electron chi connectivity index (χ2n) is 8.71. The van der Waals surface area contributed by atoms with Crippen molar-refractivity contribution in [1.82, 2.24) is 4.90 Å². The number of azide groups is 1. The summed E-state index contributed by atoms with van der Waals surface area (Å²) in [6, 6.07) is 13.2. The summed E-state index contributed by atoms with van der Waals surface area (Å²) in [6.45, 7) is 0.0255. The molecular weight excluding hydrogens is 439 g/mol. The topological polar surface area (TPSA) is 105 Å². The fraction of sp³-hybridized carbons (Fsp3) is 0.440. The maximum Gasteiger partial charge on any atom is 0.417 e. The Morgan fingerprint density at radius 2 is 1.82 bits per heavy atom. The van der Waals surface area contributed by atoms with Crippen molar-refractivity contribution in [2.45, 2.75) is 49.8 Å². The molecule has 1 saturated heterocycles. The minimum Gasteiger partial charge on any atom is -0.446 e. The van der Waals surface area contributed by atoms with Gasteiger partial charge in [-0.3, -0.25) is 4.79 Å². The molecule has 0 spiro atoms. The summed E-state index contributed by atoms with van der Waals surface area (Å²) in [6.07, 6.45) is 2.46. The lowest BCUT2D eigenvalue weighted by molar-refractivity contribution is -0.131. The number of carbonyl (C=O) groups is 2. The Labute approximate surface area is 197 Å². The zero-order valence-corrected chi connectivity index (χ0v) is 18.9. The van der Waals surface area contributed by atoms with Crippen molar-refractivity contribution >= 4 is 12.0 Å². The van der Waals surface area contributed by atoms with Crippen LogP contribution in [0.4, 0.5) is 9.18 Å². The molecular formula is C25H27FN4O4. The van der Waals surface area contributed by atoms with E-state index in [1.165, 1.54) is 12.1 Å². The zero-order valence-electron chi connectivity index (χ0n) is 18.9. The molecule has 0 N–H and O–H groups in total. The molecule has 9 heteroatoms. The molecule has 1 aliphatic carbocycles. The van der Waals surface area contributed by atoms with E-state index in [1.54, 1.807) is 19.2 Å². The van der Waals surface area contributed by atoms with E-state index in [2.05, 4.69) is 10.0 Å². The van der Waals surface area contributed by atoms with Crippen LogP contribution in [0.15, 0.2) is 59.7 Å². The van der Waals surface area contributed by atoms with Crippen molar-refractivity contribution in [2.75, 3.05) is 13.7 Å². The molecule has 2 fully saturated rings. The van der Waals surface area contributed by atoms with Gasteiger partial charge >= 0.3 is 6.09 Å². The highest BCUT2D eigenvalue weighted by Gasteiger charge is 2.45. The van der Waals surface area contributed by atoms with E-state index in [1.807, 2.05) is 30.3 Å². The van der Waals surface area contributed by atoms with Crippen molar-refractivity contribution < 1.29 is 23.5 Å². The smallest absolute Gasteiger partial charge is 0.417 e. The number of imide groups is 1. The number of cyclic esters (lactones) is 1.